The summed E-state index contributed by atoms with van der Waals surface area (Å²) in [5.41, 5.74) is 0. The van der Waals surface area contributed by atoms with E-state index in [2.05, 4.69) is 20.7 Å². The molecule has 0 aromatic carbocycles. The molecule has 1 aliphatic carbocycles. The van der Waals surface area contributed by atoms with E-state index in [1.165, 1.54) is 32.8 Å². The molecule has 1 rings (SSSR count). The fraction of sp³-hybridized carbons (Fsp3) is 0.909. The Morgan fingerprint density at radius 3 is 2.57 bits per heavy atom. The molecule has 3 heteroatoms. The molecule has 2 nitrogen and oxygen atoms in total. The highest BCUT2D eigenvalue weighted by molar-refractivity contribution is 9.09. The third-order valence-corrected chi connectivity index (χ3v) is 4.04. The predicted octanol–water partition coefficient (Wildman–Crippen LogP) is 3.14. The number of carbonyl (C=O) groups excluding carboxylic acids is 1. The van der Waals surface area contributed by atoms with Crippen molar-refractivity contribution in [1.29, 1.82) is 0 Å². The van der Waals surface area contributed by atoms with Gasteiger partial charge in [-0.3, -0.25) is 4.79 Å². The Balaban J connectivity index is 2.29. The van der Waals surface area contributed by atoms with Crippen LogP contribution in [0.2, 0.25) is 0 Å². The maximum Gasteiger partial charge on any atom is 0.305 e. The van der Waals surface area contributed by atoms with Gasteiger partial charge < -0.3 is 4.74 Å². The van der Waals surface area contributed by atoms with Crippen molar-refractivity contribution >= 4 is 21.9 Å². The summed E-state index contributed by atoms with van der Waals surface area (Å²) in [5.74, 6) is 1.43. The van der Waals surface area contributed by atoms with E-state index in [0.717, 1.165) is 23.6 Å². The van der Waals surface area contributed by atoms with Crippen LogP contribution in [0.4, 0.5) is 0 Å². The molecule has 0 saturated heterocycles. The molecule has 2 atom stereocenters. The summed E-state index contributed by atoms with van der Waals surface area (Å²) in [7, 11) is 1.46. The van der Waals surface area contributed by atoms with Crippen molar-refractivity contribution < 1.29 is 9.53 Å². The Bertz CT molecular complexity index is 182. The Hall–Kier alpha value is -0.0500. The van der Waals surface area contributed by atoms with Crippen LogP contribution in [0, 0.1) is 11.8 Å². The van der Waals surface area contributed by atoms with E-state index in [-0.39, 0.29) is 5.97 Å². The zero-order valence-electron chi connectivity index (χ0n) is 8.80. The van der Waals surface area contributed by atoms with Crippen LogP contribution < -0.4 is 0 Å². The smallest absolute Gasteiger partial charge is 0.305 e. The van der Waals surface area contributed by atoms with E-state index in [9.17, 15) is 4.79 Å². The Kier molecular flexibility index (Phi) is 5.53. The number of esters is 1. The van der Waals surface area contributed by atoms with E-state index in [1.807, 2.05) is 0 Å². The Morgan fingerprint density at radius 1 is 1.36 bits per heavy atom. The highest BCUT2D eigenvalue weighted by Crippen LogP contribution is 2.34. The fourth-order valence-corrected chi connectivity index (χ4v) is 3.13. The van der Waals surface area contributed by atoms with Crippen LogP contribution in [0.1, 0.15) is 38.5 Å². The van der Waals surface area contributed by atoms with Crippen molar-refractivity contribution in [3.63, 3.8) is 0 Å². The zero-order valence-corrected chi connectivity index (χ0v) is 10.4. The van der Waals surface area contributed by atoms with Gasteiger partial charge in [0.2, 0.25) is 0 Å². The number of hydrogen-bond acceptors (Lipinski definition) is 2. The molecule has 0 heterocycles. The first-order chi connectivity index (χ1) is 6.77. The third kappa shape index (κ3) is 3.60. The molecule has 0 radical (unpaired) electrons. The van der Waals surface area contributed by atoms with Gasteiger partial charge >= 0.3 is 5.97 Å². The third-order valence-electron chi connectivity index (χ3n) is 3.21. The minimum absolute atomic E-state index is 0.0658. The van der Waals surface area contributed by atoms with Gasteiger partial charge in [-0.25, -0.2) is 0 Å². The second-order valence-electron chi connectivity index (χ2n) is 4.07. The van der Waals surface area contributed by atoms with Crippen LogP contribution in [-0.4, -0.2) is 18.4 Å². The summed E-state index contributed by atoms with van der Waals surface area (Å²) in [5, 5.41) is 1.08. The van der Waals surface area contributed by atoms with Crippen LogP contribution >= 0.6 is 15.9 Å². The maximum absolute atomic E-state index is 11.0. The van der Waals surface area contributed by atoms with E-state index < -0.39 is 0 Å². The summed E-state index contributed by atoms with van der Waals surface area (Å²) in [6.07, 6.45) is 6.87. The molecule has 0 bridgehead atoms. The standard InChI is InChI=1S/C11H19BrO2/c1-14-11(13)7-6-9-4-2-3-5-10(9)8-12/h9-10H,2-8H2,1H3. The molecule has 0 amide bonds. The van der Waals surface area contributed by atoms with Crippen molar-refractivity contribution in [2.45, 2.75) is 38.5 Å². The quantitative estimate of drug-likeness (QED) is 0.575. The average molecular weight is 263 g/mol. The summed E-state index contributed by atoms with van der Waals surface area (Å²) < 4.78 is 4.66. The van der Waals surface area contributed by atoms with Crippen LogP contribution in [0.3, 0.4) is 0 Å². The maximum atomic E-state index is 11.0. The summed E-state index contributed by atoms with van der Waals surface area (Å²) in [6.45, 7) is 0. The number of alkyl halides is 1. The van der Waals surface area contributed by atoms with Crippen LogP contribution in [0.25, 0.3) is 0 Å². The van der Waals surface area contributed by atoms with Crippen molar-refractivity contribution in [1.82, 2.24) is 0 Å². The normalized spacial score (nSPS) is 27.3. The van der Waals surface area contributed by atoms with Gasteiger partial charge in [-0.2, -0.15) is 0 Å². The summed E-state index contributed by atoms with van der Waals surface area (Å²) in [4.78, 5) is 11.0. The molecule has 1 fully saturated rings. The molecule has 0 aliphatic heterocycles. The molecule has 0 aromatic rings. The zero-order chi connectivity index (χ0) is 10.4. The highest BCUT2D eigenvalue weighted by Gasteiger charge is 2.24. The van der Waals surface area contributed by atoms with Crippen LogP contribution in [0.15, 0.2) is 0 Å². The Labute approximate surface area is 94.5 Å². The minimum Gasteiger partial charge on any atom is -0.469 e. The van der Waals surface area contributed by atoms with Gasteiger partial charge in [-0.15, -0.1) is 0 Å². The first kappa shape index (κ1) is 12.0. The topological polar surface area (TPSA) is 26.3 Å². The highest BCUT2D eigenvalue weighted by atomic mass is 79.9. The second-order valence-corrected chi connectivity index (χ2v) is 4.72. The summed E-state index contributed by atoms with van der Waals surface area (Å²) in [6, 6.07) is 0. The van der Waals surface area contributed by atoms with E-state index >= 15 is 0 Å². The molecule has 82 valence electrons. The van der Waals surface area contributed by atoms with Crippen molar-refractivity contribution in [3.05, 3.63) is 0 Å². The molecule has 0 spiro atoms. The first-order valence-corrected chi connectivity index (χ1v) is 6.53. The van der Waals surface area contributed by atoms with Gasteiger partial charge in [0, 0.05) is 11.8 Å². The van der Waals surface area contributed by atoms with Gasteiger partial charge in [-0.05, 0) is 24.7 Å². The number of carbonyl (C=O) groups is 1. The van der Waals surface area contributed by atoms with Crippen molar-refractivity contribution in [2.75, 3.05) is 12.4 Å². The molecule has 1 saturated carbocycles. The molecule has 0 aromatic heterocycles. The van der Waals surface area contributed by atoms with Gasteiger partial charge in [0.1, 0.15) is 0 Å². The lowest BCUT2D eigenvalue weighted by molar-refractivity contribution is -0.141. The Morgan fingerprint density at radius 2 is 2.00 bits per heavy atom. The molecule has 1 aliphatic rings. The van der Waals surface area contributed by atoms with E-state index in [4.69, 9.17) is 0 Å². The lowest BCUT2D eigenvalue weighted by Gasteiger charge is -2.29. The SMILES string of the molecule is COC(=O)CCC1CCCCC1CBr. The minimum atomic E-state index is -0.0658. The molecule has 2 unspecified atom stereocenters. The van der Waals surface area contributed by atoms with Gasteiger partial charge in [-0.1, -0.05) is 35.2 Å². The second kappa shape index (κ2) is 6.44. The van der Waals surface area contributed by atoms with Crippen LogP contribution in [0.5, 0.6) is 0 Å². The van der Waals surface area contributed by atoms with Crippen LogP contribution in [-0.2, 0) is 9.53 Å². The van der Waals surface area contributed by atoms with Crippen molar-refractivity contribution in [3.8, 4) is 0 Å². The predicted molar refractivity (Wildman–Crippen MR) is 60.5 cm³/mol. The fourth-order valence-electron chi connectivity index (χ4n) is 2.27. The number of ether oxygens (including phenoxy) is 1. The number of rotatable bonds is 4. The number of hydrogen-bond donors (Lipinski definition) is 0. The molecular formula is C11H19BrO2. The number of methoxy groups -OCH3 is 1. The van der Waals surface area contributed by atoms with Gasteiger partial charge in [0.25, 0.3) is 0 Å². The average Bonchev–Trinajstić information content (AvgIpc) is 2.26. The van der Waals surface area contributed by atoms with Gasteiger partial charge in [0.05, 0.1) is 7.11 Å². The van der Waals surface area contributed by atoms with Crippen molar-refractivity contribution in [2.24, 2.45) is 11.8 Å². The monoisotopic (exact) mass is 262 g/mol. The first-order valence-electron chi connectivity index (χ1n) is 5.40. The van der Waals surface area contributed by atoms with Gasteiger partial charge in [0.15, 0.2) is 0 Å². The molecule has 14 heavy (non-hydrogen) atoms. The molecular weight excluding hydrogens is 244 g/mol. The lowest BCUT2D eigenvalue weighted by Crippen LogP contribution is -2.21. The van der Waals surface area contributed by atoms with E-state index in [1.54, 1.807) is 0 Å². The number of halogens is 1. The van der Waals surface area contributed by atoms with E-state index in [0.29, 0.717) is 6.42 Å². The largest absolute Gasteiger partial charge is 0.469 e. The summed E-state index contributed by atoms with van der Waals surface area (Å²) >= 11 is 3.56. The molecule has 0 N–H and O–H groups in total. The lowest BCUT2D eigenvalue weighted by atomic mass is 9.78.